The Labute approximate surface area is 163 Å². The summed E-state index contributed by atoms with van der Waals surface area (Å²) in [4.78, 5) is 18.4. The fourth-order valence-corrected chi connectivity index (χ4v) is 4.90. The van der Waals surface area contributed by atoms with Crippen LogP contribution in [-0.4, -0.2) is 29.6 Å². The molecule has 2 aromatic heterocycles. The number of thioether (sulfide) groups is 1. The summed E-state index contributed by atoms with van der Waals surface area (Å²) in [5, 5.41) is 0. The molecule has 0 saturated carbocycles. The van der Waals surface area contributed by atoms with E-state index in [1.54, 1.807) is 24.9 Å². The van der Waals surface area contributed by atoms with Crippen LogP contribution in [0.25, 0.3) is 10.2 Å². The SMILES string of the molecule is COc1ccc2sc(=NC(=O)Cc3ccc(Cl)s3)n(CCSC)c2c1. The van der Waals surface area contributed by atoms with Gasteiger partial charge in [0.05, 0.1) is 28.1 Å². The van der Waals surface area contributed by atoms with Crippen LogP contribution in [0.5, 0.6) is 5.75 Å². The standard InChI is InChI=1S/C17H17ClN2O2S3/c1-22-11-3-5-14-13(9-11)20(7-8-23-2)17(25-14)19-16(21)10-12-4-6-15(18)24-12/h3-6,9H,7-8,10H2,1-2H3. The number of thiophene rings is 1. The number of halogens is 1. The van der Waals surface area contributed by atoms with Crippen molar-refractivity contribution in [2.45, 2.75) is 13.0 Å². The van der Waals surface area contributed by atoms with E-state index < -0.39 is 0 Å². The Morgan fingerprint density at radius 1 is 1.32 bits per heavy atom. The summed E-state index contributed by atoms with van der Waals surface area (Å²) in [5.74, 6) is 1.59. The van der Waals surface area contributed by atoms with E-state index in [2.05, 4.69) is 15.8 Å². The molecule has 1 aromatic carbocycles. The van der Waals surface area contributed by atoms with Crippen LogP contribution >= 0.6 is 46.0 Å². The van der Waals surface area contributed by atoms with Gasteiger partial charge in [0.15, 0.2) is 4.80 Å². The van der Waals surface area contributed by atoms with Gasteiger partial charge >= 0.3 is 0 Å². The Balaban J connectivity index is 1.99. The number of hydrogen-bond donors (Lipinski definition) is 0. The van der Waals surface area contributed by atoms with Crippen molar-refractivity contribution in [3.63, 3.8) is 0 Å². The highest BCUT2D eigenvalue weighted by atomic mass is 35.5. The van der Waals surface area contributed by atoms with Crippen molar-refractivity contribution < 1.29 is 9.53 Å². The van der Waals surface area contributed by atoms with Crippen molar-refractivity contribution in [1.82, 2.24) is 4.57 Å². The first-order chi connectivity index (χ1) is 12.1. The highest BCUT2D eigenvalue weighted by Crippen LogP contribution is 2.24. The quantitative estimate of drug-likeness (QED) is 0.600. The zero-order valence-corrected chi connectivity index (χ0v) is 17.0. The van der Waals surface area contributed by atoms with Crippen molar-refractivity contribution in [3.05, 3.63) is 44.3 Å². The zero-order valence-electron chi connectivity index (χ0n) is 13.8. The van der Waals surface area contributed by atoms with Gasteiger partial charge in [-0.3, -0.25) is 4.79 Å². The number of thiazole rings is 1. The second-order valence-corrected chi connectivity index (χ2v) is 9.05. The molecule has 3 aromatic rings. The van der Waals surface area contributed by atoms with Crippen LogP contribution in [-0.2, 0) is 17.8 Å². The van der Waals surface area contributed by atoms with Gasteiger partial charge < -0.3 is 9.30 Å². The number of methoxy groups -OCH3 is 1. The highest BCUT2D eigenvalue weighted by molar-refractivity contribution is 7.98. The van der Waals surface area contributed by atoms with Gasteiger partial charge in [0.1, 0.15) is 5.75 Å². The molecule has 1 amide bonds. The summed E-state index contributed by atoms with van der Waals surface area (Å²) < 4.78 is 9.20. The van der Waals surface area contributed by atoms with Gasteiger partial charge in [-0.05, 0) is 30.5 Å². The van der Waals surface area contributed by atoms with E-state index in [-0.39, 0.29) is 12.3 Å². The molecule has 25 heavy (non-hydrogen) atoms. The van der Waals surface area contributed by atoms with Crippen molar-refractivity contribution in [1.29, 1.82) is 0 Å². The third kappa shape index (κ3) is 4.47. The summed E-state index contributed by atoms with van der Waals surface area (Å²) >= 11 is 10.6. The lowest BCUT2D eigenvalue weighted by molar-refractivity contribution is -0.117. The lowest BCUT2D eigenvalue weighted by atomic mass is 10.3. The molecule has 132 valence electrons. The average molecular weight is 413 g/mol. The molecular weight excluding hydrogens is 396 g/mol. The Morgan fingerprint density at radius 2 is 2.16 bits per heavy atom. The number of carbonyl (C=O) groups excluding carboxylic acids is 1. The molecule has 4 nitrogen and oxygen atoms in total. The lowest BCUT2D eigenvalue weighted by Crippen LogP contribution is -2.18. The molecule has 0 aliphatic rings. The van der Waals surface area contributed by atoms with Gasteiger partial charge in [-0.15, -0.1) is 11.3 Å². The smallest absolute Gasteiger partial charge is 0.253 e. The third-order valence-electron chi connectivity index (χ3n) is 3.58. The Hall–Kier alpha value is -1.28. The minimum absolute atomic E-state index is 0.157. The molecule has 0 fully saturated rings. The Kier molecular flexibility index (Phi) is 6.22. The van der Waals surface area contributed by atoms with Crippen molar-refractivity contribution in [2.75, 3.05) is 19.1 Å². The largest absolute Gasteiger partial charge is 0.497 e. The molecule has 0 radical (unpaired) electrons. The van der Waals surface area contributed by atoms with Crippen LogP contribution in [0.1, 0.15) is 4.88 Å². The van der Waals surface area contributed by atoms with Crippen LogP contribution in [0.2, 0.25) is 4.34 Å². The summed E-state index contributed by atoms with van der Waals surface area (Å²) in [5.41, 5.74) is 1.05. The van der Waals surface area contributed by atoms with Crippen LogP contribution < -0.4 is 9.54 Å². The number of carbonyl (C=O) groups is 1. The van der Waals surface area contributed by atoms with E-state index in [1.165, 1.54) is 22.7 Å². The van der Waals surface area contributed by atoms with Gasteiger partial charge in [0.25, 0.3) is 5.91 Å². The van der Waals surface area contributed by atoms with Gasteiger partial charge in [-0.2, -0.15) is 16.8 Å². The van der Waals surface area contributed by atoms with E-state index in [1.807, 2.05) is 24.3 Å². The monoisotopic (exact) mass is 412 g/mol. The summed E-state index contributed by atoms with van der Waals surface area (Å²) in [7, 11) is 1.65. The van der Waals surface area contributed by atoms with Crippen molar-refractivity contribution in [2.24, 2.45) is 4.99 Å². The summed E-state index contributed by atoms with van der Waals surface area (Å²) in [6.07, 6.45) is 2.34. The fraction of sp³-hybridized carbons (Fsp3) is 0.294. The number of benzene rings is 1. The number of nitrogens with zero attached hydrogens (tertiary/aromatic N) is 2. The average Bonchev–Trinajstić information content (AvgIpc) is 3.15. The van der Waals surface area contributed by atoms with Crippen LogP contribution in [0.15, 0.2) is 35.3 Å². The molecule has 0 aliphatic heterocycles. The maximum atomic E-state index is 12.4. The molecule has 0 saturated heterocycles. The fourth-order valence-electron chi connectivity index (χ4n) is 2.40. The number of hydrogen-bond acceptors (Lipinski definition) is 5. The van der Waals surface area contributed by atoms with Gasteiger partial charge in [-0.1, -0.05) is 22.9 Å². The second kappa shape index (κ2) is 8.40. The molecule has 0 bridgehead atoms. The van der Waals surface area contributed by atoms with Crippen molar-refractivity contribution >= 4 is 62.2 Å². The molecule has 8 heteroatoms. The number of fused-ring (bicyclic) bond motifs is 1. The van der Waals surface area contributed by atoms with E-state index in [0.29, 0.717) is 4.34 Å². The van der Waals surface area contributed by atoms with Crippen LogP contribution in [0.4, 0.5) is 0 Å². The van der Waals surface area contributed by atoms with Crippen LogP contribution in [0.3, 0.4) is 0 Å². The van der Waals surface area contributed by atoms with Crippen LogP contribution in [0, 0.1) is 0 Å². The molecule has 0 spiro atoms. The predicted molar refractivity (Wildman–Crippen MR) is 108 cm³/mol. The number of amides is 1. The van der Waals surface area contributed by atoms with Gasteiger partial charge in [0.2, 0.25) is 0 Å². The first kappa shape index (κ1) is 18.5. The molecule has 2 heterocycles. The minimum Gasteiger partial charge on any atom is -0.497 e. The summed E-state index contributed by atoms with van der Waals surface area (Å²) in [6, 6.07) is 9.61. The first-order valence-corrected chi connectivity index (χ1v) is 11.0. The Morgan fingerprint density at radius 3 is 2.84 bits per heavy atom. The number of aromatic nitrogens is 1. The zero-order chi connectivity index (χ0) is 17.8. The lowest BCUT2D eigenvalue weighted by Gasteiger charge is -2.05. The normalized spacial score (nSPS) is 12.0. The van der Waals surface area contributed by atoms with Gasteiger partial charge in [0, 0.05) is 23.2 Å². The van der Waals surface area contributed by atoms with Crippen molar-refractivity contribution in [3.8, 4) is 5.75 Å². The number of rotatable bonds is 6. The van der Waals surface area contributed by atoms with E-state index in [0.717, 1.165) is 37.9 Å². The molecule has 0 N–H and O–H groups in total. The molecule has 0 atom stereocenters. The highest BCUT2D eigenvalue weighted by Gasteiger charge is 2.10. The maximum absolute atomic E-state index is 12.4. The minimum atomic E-state index is -0.157. The summed E-state index contributed by atoms with van der Waals surface area (Å²) in [6.45, 7) is 0.797. The predicted octanol–water partition coefficient (Wildman–Crippen LogP) is 4.46. The van der Waals surface area contributed by atoms with E-state index in [4.69, 9.17) is 16.3 Å². The molecule has 0 aliphatic carbocycles. The van der Waals surface area contributed by atoms with E-state index >= 15 is 0 Å². The third-order valence-corrected chi connectivity index (χ3v) is 6.46. The maximum Gasteiger partial charge on any atom is 0.253 e. The molecule has 0 unspecified atom stereocenters. The molecule has 3 rings (SSSR count). The first-order valence-electron chi connectivity index (χ1n) is 7.59. The van der Waals surface area contributed by atoms with E-state index in [9.17, 15) is 4.79 Å². The molecular formula is C17H17ClN2O2S3. The second-order valence-electron chi connectivity index (χ2n) is 5.25. The van der Waals surface area contributed by atoms with Gasteiger partial charge in [-0.25, -0.2) is 0 Å². The number of aryl methyl sites for hydroxylation is 1. The Bertz CT molecular complexity index is 958. The topological polar surface area (TPSA) is 43.6 Å². The number of ether oxygens (including phenoxy) is 1.